The predicted octanol–water partition coefficient (Wildman–Crippen LogP) is -0.223. The molecule has 10 heteroatoms. The molecule has 0 aliphatic rings. The van der Waals surface area contributed by atoms with E-state index in [1.54, 1.807) is 0 Å². The number of carboxylic acid groups (broad SMARTS) is 1. The van der Waals surface area contributed by atoms with E-state index in [9.17, 15) is 34.8 Å². The highest BCUT2D eigenvalue weighted by Crippen LogP contribution is 2.38. The summed E-state index contributed by atoms with van der Waals surface area (Å²) < 4.78 is 0. The molecule has 0 saturated heterocycles. The zero-order valence-corrected chi connectivity index (χ0v) is 15.0. The summed E-state index contributed by atoms with van der Waals surface area (Å²) >= 11 is 0. The standard InChI is InChI=1S/C19H20N2O8/c22-8-20-7-16(26)10-1-3-14(24)12(5-10)13-6-11(2-4-15(13)25)18(27)17(19(28)29)21-9-23/h1-6,8-9,16-18,24-27H,7H2,(H,20,22)(H,21,23)(H,28,29). The Kier molecular flexibility index (Phi) is 7.12. The van der Waals surface area contributed by atoms with Crippen LogP contribution in [0.25, 0.3) is 11.1 Å². The minimum absolute atomic E-state index is 0.0617. The molecular formula is C19H20N2O8. The van der Waals surface area contributed by atoms with Gasteiger partial charge in [0.1, 0.15) is 17.6 Å². The molecule has 0 radical (unpaired) electrons. The first kappa shape index (κ1) is 21.7. The summed E-state index contributed by atoms with van der Waals surface area (Å²) in [7, 11) is 0. The number of aliphatic hydroxyl groups is 2. The van der Waals surface area contributed by atoms with Crippen LogP contribution < -0.4 is 10.6 Å². The highest BCUT2D eigenvalue weighted by Gasteiger charge is 2.28. The van der Waals surface area contributed by atoms with Crippen molar-refractivity contribution in [1.82, 2.24) is 10.6 Å². The number of carbonyl (C=O) groups excluding carboxylic acids is 2. The number of benzene rings is 2. The Hall–Kier alpha value is -3.63. The number of phenolic OH excluding ortho intramolecular Hbond substituents is 2. The average Bonchev–Trinajstić information content (AvgIpc) is 2.70. The molecule has 10 nitrogen and oxygen atoms in total. The van der Waals surface area contributed by atoms with Gasteiger partial charge in [0.25, 0.3) is 0 Å². The molecule has 3 unspecified atom stereocenters. The molecule has 0 aromatic heterocycles. The monoisotopic (exact) mass is 404 g/mol. The Morgan fingerprint density at radius 1 is 0.931 bits per heavy atom. The lowest BCUT2D eigenvalue weighted by molar-refractivity contribution is -0.143. The van der Waals surface area contributed by atoms with Crippen LogP contribution >= 0.6 is 0 Å². The van der Waals surface area contributed by atoms with E-state index >= 15 is 0 Å². The van der Waals surface area contributed by atoms with E-state index in [-0.39, 0.29) is 41.1 Å². The third-order valence-electron chi connectivity index (χ3n) is 4.28. The van der Waals surface area contributed by atoms with E-state index in [0.717, 1.165) is 0 Å². The molecule has 0 saturated carbocycles. The average molecular weight is 404 g/mol. The van der Waals surface area contributed by atoms with Gasteiger partial charge >= 0.3 is 5.97 Å². The van der Waals surface area contributed by atoms with Crippen LogP contribution in [0.2, 0.25) is 0 Å². The Morgan fingerprint density at radius 3 is 2.00 bits per heavy atom. The van der Waals surface area contributed by atoms with Crippen LogP contribution in [0.1, 0.15) is 23.3 Å². The van der Waals surface area contributed by atoms with Crippen molar-refractivity contribution in [3.05, 3.63) is 47.5 Å². The number of nitrogens with one attached hydrogen (secondary N) is 2. The number of amides is 2. The lowest BCUT2D eigenvalue weighted by atomic mass is 9.94. The Morgan fingerprint density at radius 2 is 1.48 bits per heavy atom. The zero-order valence-electron chi connectivity index (χ0n) is 15.0. The summed E-state index contributed by atoms with van der Waals surface area (Å²) in [6, 6.07) is 6.21. The van der Waals surface area contributed by atoms with Crippen LogP contribution in [-0.2, 0) is 14.4 Å². The van der Waals surface area contributed by atoms with E-state index in [1.807, 2.05) is 5.32 Å². The van der Waals surface area contributed by atoms with E-state index < -0.39 is 24.2 Å². The summed E-state index contributed by atoms with van der Waals surface area (Å²) in [6.07, 6.45) is -2.14. The van der Waals surface area contributed by atoms with Gasteiger partial charge in [0, 0.05) is 17.7 Å². The summed E-state index contributed by atoms with van der Waals surface area (Å²) in [5, 5.41) is 54.3. The van der Waals surface area contributed by atoms with Crippen molar-refractivity contribution in [2.45, 2.75) is 18.2 Å². The normalized spacial score (nSPS) is 13.7. The molecule has 0 heterocycles. The topological polar surface area (TPSA) is 176 Å². The summed E-state index contributed by atoms with van der Waals surface area (Å²) in [5.41, 5.74) is 0.567. The molecule has 0 aliphatic heterocycles. The van der Waals surface area contributed by atoms with E-state index in [4.69, 9.17) is 5.11 Å². The van der Waals surface area contributed by atoms with Gasteiger partial charge in [-0.3, -0.25) is 9.59 Å². The first-order valence-electron chi connectivity index (χ1n) is 8.42. The summed E-state index contributed by atoms with van der Waals surface area (Å²) in [5.74, 6) is -1.98. The van der Waals surface area contributed by atoms with Crippen molar-refractivity contribution in [3.63, 3.8) is 0 Å². The molecule has 3 atom stereocenters. The number of rotatable bonds is 10. The lowest BCUT2D eigenvalue weighted by Gasteiger charge is -2.20. The van der Waals surface area contributed by atoms with Crippen LogP contribution in [0, 0.1) is 0 Å². The summed E-state index contributed by atoms with van der Waals surface area (Å²) in [4.78, 5) is 32.3. The molecule has 154 valence electrons. The van der Waals surface area contributed by atoms with Crippen molar-refractivity contribution in [3.8, 4) is 22.6 Å². The second kappa shape index (κ2) is 9.53. The number of aliphatic hydroxyl groups excluding tert-OH is 2. The molecular weight excluding hydrogens is 384 g/mol. The number of aromatic hydroxyl groups is 2. The van der Waals surface area contributed by atoms with Crippen LogP contribution in [0.3, 0.4) is 0 Å². The van der Waals surface area contributed by atoms with Crippen molar-refractivity contribution in [1.29, 1.82) is 0 Å². The first-order chi connectivity index (χ1) is 13.8. The van der Waals surface area contributed by atoms with Gasteiger partial charge < -0.3 is 36.2 Å². The number of hydrogen-bond donors (Lipinski definition) is 7. The minimum Gasteiger partial charge on any atom is -0.507 e. The highest BCUT2D eigenvalue weighted by molar-refractivity contribution is 5.79. The number of carboxylic acids is 1. The number of carbonyl (C=O) groups is 3. The fourth-order valence-electron chi connectivity index (χ4n) is 2.77. The van der Waals surface area contributed by atoms with Crippen LogP contribution in [0.15, 0.2) is 36.4 Å². The third kappa shape index (κ3) is 5.00. The third-order valence-corrected chi connectivity index (χ3v) is 4.28. The van der Waals surface area contributed by atoms with Crippen molar-refractivity contribution in [2.75, 3.05) is 6.54 Å². The van der Waals surface area contributed by atoms with Crippen LogP contribution in [0.5, 0.6) is 11.5 Å². The maximum atomic E-state index is 11.3. The molecule has 2 amide bonds. The molecule has 0 fully saturated rings. The highest BCUT2D eigenvalue weighted by atomic mass is 16.4. The van der Waals surface area contributed by atoms with Gasteiger partial charge in [-0.25, -0.2) is 4.79 Å². The van der Waals surface area contributed by atoms with Crippen molar-refractivity contribution < 1.29 is 39.9 Å². The van der Waals surface area contributed by atoms with E-state index in [2.05, 4.69) is 5.32 Å². The number of hydrogen-bond acceptors (Lipinski definition) is 7. The van der Waals surface area contributed by atoms with Crippen LogP contribution in [-0.4, -0.2) is 56.9 Å². The molecule has 0 bridgehead atoms. The maximum absolute atomic E-state index is 11.3. The minimum atomic E-state index is -1.63. The molecule has 7 N–H and O–H groups in total. The van der Waals surface area contributed by atoms with Gasteiger partial charge in [-0.2, -0.15) is 0 Å². The fraction of sp³-hybridized carbons (Fsp3) is 0.211. The molecule has 0 aliphatic carbocycles. The molecule has 29 heavy (non-hydrogen) atoms. The Bertz CT molecular complexity index is 902. The van der Waals surface area contributed by atoms with Gasteiger partial charge in [0.15, 0.2) is 6.04 Å². The smallest absolute Gasteiger partial charge is 0.329 e. The van der Waals surface area contributed by atoms with Gasteiger partial charge in [-0.15, -0.1) is 0 Å². The van der Waals surface area contributed by atoms with Gasteiger partial charge in [-0.1, -0.05) is 12.1 Å². The second-order valence-electron chi connectivity index (χ2n) is 6.14. The van der Waals surface area contributed by atoms with Gasteiger partial charge in [0.05, 0.1) is 6.10 Å². The lowest BCUT2D eigenvalue weighted by Crippen LogP contribution is -2.41. The maximum Gasteiger partial charge on any atom is 0.329 e. The van der Waals surface area contributed by atoms with E-state index in [1.165, 1.54) is 36.4 Å². The Balaban J connectivity index is 2.47. The predicted molar refractivity (Wildman–Crippen MR) is 99.8 cm³/mol. The van der Waals surface area contributed by atoms with Crippen molar-refractivity contribution >= 4 is 18.8 Å². The largest absolute Gasteiger partial charge is 0.507 e. The second-order valence-corrected chi connectivity index (χ2v) is 6.14. The number of aliphatic carboxylic acids is 1. The summed E-state index contributed by atoms with van der Waals surface area (Å²) in [6.45, 7) is -0.0733. The molecule has 2 aromatic rings. The quantitative estimate of drug-likeness (QED) is 0.266. The fourth-order valence-corrected chi connectivity index (χ4v) is 2.77. The van der Waals surface area contributed by atoms with Gasteiger partial charge in [-0.05, 0) is 35.4 Å². The van der Waals surface area contributed by atoms with Crippen molar-refractivity contribution in [2.24, 2.45) is 0 Å². The Labute approximate surface area is 165 Å². The molecule has 2 rings (SSSR count). The first-order valence-corrected chi connectivity index (χ1v) is 8.42. The van der Waals surface area contributed by atoms with Crippen LogP contribution in [0.4, 0.5) is 0 Å². The zero-order chi connectivity index (χ0) is 21.6. The van der Waals surface area contributed by atoms with Gasteiger partial charge in [0.2, 0.25) is 12.8 Å². The molecule has 0 spiro atoms. The SMILES string of the molecule is O=CNCC(O)c1ccc(O)c(-c2cc(C(O)C(NC=O)C(=O)O)ccc2O)c1. The molecule has 2 aromatic carbocycles. The van der Waals surface area contributed by atoms with E-state index in [0.29, 0.717) is 12.0 Å². The number of phenols is 2.